The van der Waals surface area contributed by atoms with Crippen LogP contribution in [0.2, 0.25) is 0 Å². The maximum atomic E-state index is 5.29. The molecule has 11 heavy (non-hydrogen) atoms. The van der Waals surface area contributed by atoms with E-state index in [0.717, 1.165) is 0 Å². The fraction of sp³-hybridized carbons (Fsp3) is 0.250. The van der Waals surface area contributed by atoms with Crippen molar-refractivity contribution in [3.63, 3.8) is 0 Å². The van der Waals surface area contributed by atoms with Crippen LogP contribution in [0, 0.1) is 12.7 Å². The van der Waals surface area contributed by atoms with Crippen molar-refractivity contribution in [2.45, 2.75) is 0 Å². The summed E-state index contributed by atoms with van der Waals surface area (Å²) in [5.41, 5.74) is 0.653. The molecule has 0 amide bonds. The summed E-state index contributed by atoms with van der Waals surface area (Å²) < 4.78 is 10.5. The third-order valence-electron chi connectivity index (χ3n) is 1.53. The molecule has 2 radical (unpaired) electrons. The zero-order chi connectivity index (χ0) is 7.68. The van der Waals surface area contributed by atoms with Gasteiger partial charge in [0.15, 0.2) is 11.5 Å². The van der Waals surface area contributed by atoms with E-state index in [1.807, 2.05) is 0 Å². The highest BCUT2D eigenvalue weighted by molar-refractivity contribution is 5.46. The highest BCUT2D eigenvalue weighted by Crippen LogP contribution is 2.33. The largest absolute Gasteiger partial charge is 0.485 e. The molecule has 1 N–H and O–H groups in total. The Morgan fingerprint density at radius 1 is 1.45 bits per heavy atom. The van der Waals surface area contributed by atoms with Gasteiger partial charge in [-0.25, -0.2) is 0 Å². The highest BCUT2D eigenvalue weighted by atomic mass is 16.6. The van der Waals surface area contributed by atoms with Crippen LogP contribution in [-0.2, 0) is 0 Å². The van der Waals surface area contributed by atoms with Gasteiger partial charge in [-0.15, -0.1) is 0 Å². The molecule has 0 saturated carbocycles. The lowest BCUT2D eigenvalue weighted by molar-refractivity contribution is 0.173. The van der Waals surface area contributed by atoms with Crippen molar-refractivity contribution in [3.8, 4) is 11.5 Å². The van der Waals surface area contributed by atoms with Crippen LogP contribution in [-0.4, -0.2) is 18.2 Å². The van der Waals surface area contributed by atoms with Gasteiger partial charge in [0.25, 0.3) is 0 Å². The Morgan fingerprint density at radius 3 is 3.09 bits per heavy atom. The topological polar surface area (TPSA) is 34.2 Å². The minimum atomic E-state index is 0.569. The molecule has 1 aliphatic rings. The number of fused-ring (bicyclic) bond motifs is 1. The molecule has 0 atom stereocenters. The SMILES string of the molecule is [CH]=[C]c1[nH]cc2c1OCCO2. The Morgan fingerprint density at radius 2 is 2.27 bits per heavy atom. The van der Waals surface area contributed by atoms with Gasteiger partial charge < -0.3 is 14.5 Å². The van der Waals surface area contributed by atoms with Crippen molar-refractivity contribution in [2.24, 2.45) is 0 Å². The molecule has 0 saturated heterocycles. The van der Waals surface area contributed by atoms with Gasteiger partial charge in [-0.1, -0.05) is 6.58 Å². The number of H-pyrrole nitrogens is 1. The van der Waals surface area contributed by atoms with E-state index < -0.39 is 0 Å². The first-order valence-electron chi connectivity index (χ1n) is 3.35. The lowest BCUT2D eigenvalue weighted by Crippen LogP contribution is -2.14. The third-order valence-corrected chi connectivity index (χ3v) is 1.53. The summed E-state index contributed by atoms with van der Waals surface area (Å²) in [5, 5.41) is 0. The number of hydrogen-bond donors (Lipinski definition) is 1. The number of rotatable bonds is 1. The first kappa shape index (κ1) is 6.34. The van der Waals surface area contributed by atoms with Gasteiger partial charge in [0, 0.05) is 12.3 Å². The molecular weight excluding hydrogens is 142 g/mol. The van der Waals surface area contributed by atoms with Crippen LogP contribution < -0.4 is 9.47 Å². The van der Waals surface area contributed by atoms with Crippen LogP contribution in [0.25, 0.3) is 0 Å². The van der Waals surface area contributed by atoms with E-state index in [4.69, 9.17) is 16.1 Å². The Balaban J connectivity index is 2.45. The molecule has 1 aromatic rings. The van der Waals surface area contributed by atoms with Gasteiger partial charge in [0.1, 0.15) is 13.2 Å². The summed E-state index contributed by atoms with van der Waals surface area (Å²) in [6.07, 6.45) is 4.19. The summed E-state index contributed by atoms with van der Waals surface area (Å²) in [5.74, 6) is 1.38. The van der Waals surface area contributed by atoms with Crippen molar-refractivity contribution >= 4 is 0 Å². The van der Waals surface area contributed by atoms with Crippen molar-refractivity contribution in [1.29, 1.82) is 0 Å². The fourth-order valence-corrected chi connectivity index (χ4v) is 1.05. The Labute approximate surface area is 64.6 Å². The van der Waals surface area contributed by atoms with E-state index >= 15 is 0 Å². The smallest absolute Gasteiger partial charge is 0.186 e. The molecule has 0 aromatic carbocycles. The van der Waals surface area contributed by atoms with Gasteiger partial charge in [-0.3, -0.25) is 0 Å². The summed E-state index contributed by atoms with van der Waals surface area (Å²) in [6.45, 7) is 6.36. The molecule has 3 heteroatoms. The van der Waals surface area contributed by atoms with Crippen molar-refractivity contribution in [3.05, 3.63) is 24.5 Å². The Bertz CT molecular complexity index is 278. The van der Waals surface area contributed by atoms with Gasteiger partial charge in [-0.05, 0) is 0 Å². The average Bonchev–Trinajstić information content (AvgIpc) is 2.47. The second-order valence-electron chi connectivity index (χ2n) is 2.20. The monoisotopic (exact) mass is 149 g/mol. The van der Waals surface area contributed by atoms with E-state index in [2.05, 4.69) is 11.1 Å². The summed E-state index contributed by atoms with van der Waals surface area (Å²) in [6, 6.07) is 0. The number of aromatic amines is 1. The van der Waals surface area contributed by atoms with Gasteiger partial charge in [0.05, 0.1) is 5.69 Å². The van der Waals surface area contributed by atoms with Gasteiger partial charge in [-0.2, -0.15) is 0 Å². The highest BCUT2D eigenvalue weighted by Gasteiger charge is 2.15. The summed E-state index contributed by atoms with van der Waals surface area (Å²) >= 11 is 0. The van der Waals surface area contributed by atoms with Gasteiger partial charge in [0.2, 0.25) is 0 Å². The maximum absolute atomic E-state index is 5.29. The van der Waals surface area contributed by atoms with E-state index in [0.29, 0.717) is 30.4 Å². The molecule has 0 bridgehead atoms. The minimum Gasteiger partial charge on any atom is -0.485 e. The zero-order valence-corrected chi connectivity index (χ0v) is 5.89. The molecule has 3 nitrogen and oxygen atoms in total. The third kappa shape index (κ3) is 0.888. The quantitative estimate of drug-likeness (QED) is 0.644. The molecule has 1 aromatic heterocycles. The number of hydrogen-bond acceptors (Lipinski definition) is 2. The van der Waals surface area contributed by atoms with Crippen LogP contribution in [0.4, 0.5) is 0 Å². The molecule has 56 valence electrons. The normalized spacial score (nSPS) is 14.5. The second-order valence-corrected chi connectivity index (χ2v) is 2.20. The average molecular weight is 149 g/mol. The van der Waals surface area contributed by atoms with E-state index in [1.165, 1.54) is 0 Å². The van der Waals surface area contributed by atoms with Crippen LogP contribution in [0.5, 0.6) is 11.5 Å². The number of nitrogens with one attached hydrogen (secondary N) is 1. The molecule has 2 rings (SSSR count). The first-order chi connectivity index (χ1) is 5.42. The molecule has 2 heterocycles. The molecular formula is C8H7NO2. The lowest BCUT2D eigenvalue weighted by Gasteiger charge is -2.14. The first-order valence-corrected chi connectivity index (χ1v) is 3.35. The molecule has 0 spiro atoms. The van der Waals surface area contributed by atoms with Crippen molar-refractivity contribution in [2.75, 3.05) is 13.2 Å². The Hall–Kier alpha value is -1.38. The van der Waals surface area contributed by atoms with Crippen molar-refractivity contribution < 1.29 is 9.47 Å². The second kappa shape index (κ2) is 2.34. The van der Waals surface area contributed by atoms with Crippen molar-refractivity contribution in [1.82, 2.24) is 4.98 Å². The number of ether oxygens (including phenoxy) is 2. The molecule has 0 aliphatic carbocycles. The van der Waals surface area contributed by atoms with Crippen LogP contribution in [0.15, 0.2) is 6.20 Å². The van der Waals surface area contributed by atoms with Crippen LogP contribution in [0.3, 0.4) is 0 Å². The van der Waals surface area contributed by atoms with E-state index in [9.17, 15) is 0 Å². The molecule has 1 aliphatic heterocycles. The van der Waals surface area contributed by atoms with E-state index in [1.54, 1.807) is 6.20 Å². The molecule has 0 fully saturated rings. The summed E-state index contributed by atoms with van der Waals surface area (Å²) in [4.78, 5) is 2.88. The predicted octanol–water partition coefficient (Wildman–Crippen LogP) is 0.926. The standard InChI is InChI=1S/C8H7NO2/c1-2-6-8-7(5-9-6)10-3-4-11-8/h1,5,9H,3-4H2. The fourth-order valence-electron chi connectivity index (χ4n) is 1.05. The minimum absolute atomic E-state index is 0.569. The Kier molecular flexibility index (Phi) is 1.35. The van der Waals surface area contributed by atoms with Crippen LogP contribution >= 0.6 is 0 Å². The maximum Gasteiger partial charge on any atom is 0.186 e. The summed E-state index contributed by atoms with van der Waals surface area (Å²) in [7, 11) is 0. The molecule has 0 unspecified atom stereocenters. The predicted molar refractivity (Wildman–Crippen MR) is 38.4 cm³/mol. The van der Waals surface area contributed by atoms with Gasteiger partial charge >= 0.3 is 0 Å². The van der Waals surface area contributed by atoms with Crippen LogP contribution in [0.1, 0.15) is 5.69 Å². The number of aromatic nitrogens is 1. The lowest BCUT2D eigenvalue weighted by atomic mass is 10.3. The van der Waals surface area contributed by atoms with E-state index in [-0.39, 0.29) is 0 Å². The zero-order valence-electron chi connectivity index (χ0n) is 5.89.